The molecule has 0 aliphatic heterocycles. The summed E-state index contributed by atoms with van der Waals surface area (Å²) in [5, 5.41) is 0. The van der Waals surface area contributed by atoms with Crippen LogP contribution in [0.15, 0.2) is 122 Å². The van der Waals surface area contributed by atoms with Crippen molar-refractivity contribution < 1.29 is 28.6 Å². The molecule has 0 spiro atoms. The van der Waals surface area contributed by atoms with E-state index in [1.807, 2.05) is 12.2 Å². The molecule has 1 unspecified atom stereocenters. The number of carbonyl (C=O) groups is 3. The summed E-state index contributed by atoms with van der Waals surface area (Å²) in [6.45, 7) is 6.33. The number of esters is 3. The molecule has 0 fully saturated rings. The number of carbonyl (C=O) groups excluding carboxylic acids is 3. The van der Waals surface area contributed by atoms with E-state index in [0.29, 0.717) is 19.3 Å². The molecule has 6 nitrogen and oxygen atoms in total. The van der Waals surface area contributed by atoms with E-state index in [1.54, 1.807) is 0 Å². The van der Waals surface area contributed by atoms with Crippen LogP contribution in [0.4, 0.5) is 0 Å². The van der Waals surface area contributed by atoms with Gasteiger partial charge in [-0.3, -0.25) is 14.4 Å². The number of rotatable bonds is 55. The maximum atomic E-state index is 12.8. The van der Waals surface area contributed by atoms with Gasteiger partial charge in [-0.1, -0.05) is 264 Å². The predicted octanol–water partition coefficient (Wildman–Crippen LogP) is 21.2. The summed E-state index contributed by atoms with van der Waals surface area (Å²) < 4.78 is 16.8. The summed E-state index contributed by atoms with van der Waals surface area (Å²) >= 11 is 0. The summed E-state index contributed by atoms with van der Waals surface area (Å²) in [5.74, 6) is -1.03. The fraction of sp³-hybridized carbons (Fsp3) is 0.667. The zero-order chi connectivity index (χ0) is 54.3. The fourth-order valence-electron chi connectivity index (χ4n) is 8.36. The molecule has 426 valence electrons. The minimum atomic E-state index is -0.834. The van der Waals surface area contributed by atoms with Gasteiger partial charge < -0.3 is 14.2 Å². The molecule has 0 aromatic carbocycles. The van der Waals surface area contributed by atoms with Crippen molar-refractivity contribution in [3.63, 3.8) is 0 Å². The third-order valence-corrected chi connectivity index (χ3v) is 12.9. The van der Waals surface area contributed by atoms with Crippen LogP contribution in [0.2, 0.25) is 0 Å². The van der Waals surface area contributed by atoms with Crippen molar-refractivity contribution in [3.8, 4) is 0 Å². The molecule has 6 heteroatoms. The van der Waals surface area contributed by atoms with Crippen LogP contribution in [0.5, 0.6) is 0 Å². The van der Waals surface area contributed by atoms with Crippen LogP contribution in [0.3, 0.4) is 0 Å². The van der Waals surface area contributed by atoms with E-state index in [4.69, 9.17) is 14.2 Å². The monoisotopic (exact) mass is 1040 g/mol. The highest BCUT2D eigenvalue weighted by molar-refractivity contribution is 5.71. The lowest BCUT2D eigenvalue weighted by molar-refractivity contribution is -0.166. The highest BCUT2D eigenvalue weighted by Crippen LogP contribution is 2.15. The first-order valence-corrected chi connectivity index (χ1v) is 31.0. The molecule has 0 aromatic rings. The maximum Gasteiger partial charge on any atom is 0.306 e. The number of ether oxygens (including phenoxy) is 3. The average Bonchev–Trinajstić information content (AvgIpc) is 3.41. The molecule has 1 atom stereocenters. The maximum absolute atomic E-state index is 12.8. The standard InChI is InChI=1S/C69H114O6/c1-4-7-10-13-16-19-22-25-27-29-31-32-33-34-35-36-38-39-41-44-47-50-53-56-59-62-68(71)74-65-66(64-73-67(70)61-58-55-52-49-46-43-24-21-18-15-12-9-6-3)75-69(72)63-60-57-54-51-48-45-42-40-37-30-28-26-23-20-17-14-11-8-5-2/h8-9,11-12,17-18,20-21,26,28-29,31,37,40,43,45-46,48,54,57,66H,4-7,10,13-16,19,22-25,27,30,32-36,38-39,41-42,44,47,49-53,55-56,58-65H2,1-3H3/b11-8-,12-9-,20-17-,21-18-,28-26-,31-29-,40-37-,46-43-,48-45-,57-54-. The molecule has 0 heterocycles. The van der Waals surface area contributed by atoms with Gasteiger partial charge in [-0.2, -0.15) is 0 Å². The van der Waals surface area contributed by atoms with Crippen LogP contribution in [0, 0.1) is 0 Å². The van der Waals surface area contributed by atoms with Crippen LogP contribution in [0.25, 0.3) is 0 Å². The lowest BCUT2D eigenvalue weighted by Crippen LogP contribution is -2.30. The first-order valence-electron chi connectivity index (χ1n) is 31.0. The van der Waals surface area contributed by atoms with Gasteiger partial charge >= 0.3 is 17.9 Å². The minimum absolute atomic E-state index is 0.120. The molecule has 75 heavy (non-hydrogen) atoms. The molecule has 0 saturated heterocycles. The van der Waals surface area contributed by atoms with Crippen molar-refractivity contribution >= 4 is 17.9 Å². The van der Waals surface area contributed by atoms with Crippen molar-refractivity contribution in [1.29, 1.82) is 0 Å². The lowest BCUT2D eigenvalue weighted by atomic mass is 10.0. The Morgan fingerprint density at radius 3 is 0.893 bits per heavy atom. The molecule has 0 bridgehead atoms. The van der Waals surface area contributed by atoms with E-state index in [9.17, 15) is 14.4 Å². The summed E-state index contributed by atoms with van der Waals surface area (Å²) in [6.07, 6.45) is 86.6. The molecule has 0 aliphatic carbocycles. The average molecular weight is 1040 g/mol. The Balaban J connectivity index is 4.41. The quantitative estimate of drug-likeness (QED) is 0.0261. The van der Waals surface area contributed by atoms with Gasteiger partial charge in [0.25, 0.3) is 0 Å². The van der Waals surface area contributed by atoms with Crippen LogP contribution >= 0.6 is 0 Å². The normalized spacial score (nSPS) is 12.9. The van der Waals surface area contributed by atoms with Gasteiger partial charge in [-0.15, -0.1) is 0 Å². The van der Waals surface area contributed by atoms with E-state index in [-0.39, 0.29) is 31.6 Å². The van der Waals surface area contributed by atoms with E-state index in [0.717, 1.165) is 103 Å². The van der Waals surface area contributed by atoms with Gasteiger partial charge in [-0.05, 0) is 116 Å². The predicted molar refractivity (Wildman–Crippen MR) is 325 cm³/mol. The smallest absolute Gasteiger partial charge is 0.306 e. The highest BCUT2D eigenvalue weighted by atomic mass is 16.6. The summed E-state index contributed by atoms with van der Waals surface area (Å²) in [5.41, 5.74) is 0. The van der Waals surface area contributed by atoms with E-state index >= 15 is 0 Å². The second-order valence-electron chi connectivity index (χ2n) is 20.2. The van der Waals surface area contributed by atoms with Crippen molar-refractivity contribution in [1.82, 2.24) is 0 Å². The van der Waals surface area contributed by atoms with E-state index in [1.165, 1.54) is 128 Å². The Hall–Kier alpha value is -4.19. The SMILES string of the molecule is CC/C=C\C/C=C\C/C=C\C/C=C\C/C=C\C/C=C\CCC(=O)OC(COC(=O)CCCCC/C=C\C/C=C\C/C=C\CC)COC(=O)CCCCCCCCCCCCCCC/C=C\CCCCCCCCCC. The Labute approximate surface area is 462 Å². The highest BCUT2D eigenvalue weighted by Gasteiger charge is 2.19. The van der Waals surface area contributed by atoms with Crippen LogP contribution in [0.1, 0.15) is 278 Å². The zero-order valence-electron chi connectivity index (χ0n) is 48.8. The van der Waals surface area contributed by atoms with Gasteiger partial charge in [0.15, 0.2) is 6.10 Å². The molecule has 0 rings (SSSR count). The van der Waals surface area contributed by atoms with Gasteiger partial charge in [-0.25, -0.2) is 0 Å². The molecule has 0 radical (unpaired) electrons. The second-order valence-corrected chi connectivity index (χ2v) is 20.2. The van der Waals surface area contributed by atoms with Crippen LogP contribution < -0.4 is 0 Å². The topological polar surface area (TPSA) is 78.9 Å². The van der Waals surface area contributed by atoms with Crippen molar-refractivity contribution in [3.05, 3.63) is 122 Å². The van der Waals surface area contributed by atoms with Crippen molar-refractivity contribution in [2.75, 3.05) is 13.2 Å². The molecule has 0 saturated carbocycles. The van der Waals surface area contributed by atoms with Gasteiger partial charge in [0, 0.05) is 19.3 Å². The summed E-state index contributed by atoms with van der Waals surface area (Å²) in [4.78, 5) is 38.2. The van der Waals surface area contributed by atoms with Crippen LogP contribution in [-0.4, -0.2) is 37.2 Å². The Morgan fingerprint density at radius 2 is 0.547 bits per heavy atom. The Morgan fingerprint density at radius 1 is 0.280 bits per heavy atom. The summed E-state index contributed by atoms with van der Waals surface area (Å²) in [6, 6.07) is 0. The van der Waals surface area contributed by atoms with E-state index < -0.39 is 12.1 Å². The third kappa shape index (κ3) is 60.6. The molecule has 0 aromatic heterocycles. The molecular formula is C69H114O6. The molecular weight excluding hydrogens is 925 g/mol. The zero-order valence-corrected chi connectivity index (χ0v) is 48.8. The second kappa shape index (κ2) is 62.4. The molecule has 0 N–H and O–H groups in total. The summed E-state index contributed by atoms with van der Waals surface area (Å²) in [7, 11) is 0. The number of unbranched alkanes of at least 4 members (excludes halogenated alkanes) is 24. The Kier molecular flexibility index (Phi) is 58.9. The van der Waals surface area contributed by atoms with Gasteiger partial charge in [0.2, 0.25) is 0 Å². The molecule has 0 amide bonds. The minimum Gasteiger partial charge on any atom is -0.462 e. The largest absolute Gasteiger partial charge is 0.462 e. The lowest BCUT2D eigenvalue weighted by Gasteiger charge is -2.18. The van der Waals surface area contributed by atoms with Crippen LogP contribution in [-0.2, 0) is 28.6 Å². The number of allylic oxidation sites excluding steroid dienone is 20. The molecule has 0 aliphatic rings. The first kappa shape index (κ1) is 70.8. The third-order valence-electron chi connectivity index (χ3n) is 12.9. The first-order chi connectivity index (χ1) is 37.0. The van der Waals surface area contributed by atoms with Gasteiger partial charge in [0.05, 0.1) is 0 Å². The Bertz CT molecular complexity index is 1570. The number of hydrogen-bond donors (Lipinski definition) is 0. The van der Waals surface area contributed by atoms with Crippen molar-refractivity contribution in [2.45, 2.75) is 284 Å². The van der Waals surface area contributed by atoms with E-state index in [2.05, 4.69) is 130 Å². The van der Waals surface area contributed by atoms with Gasteiger partial charge in [0.1, 0.15) is 13.2 Å². The fourth-order valence-corrected chi connectivity index (χ4v) is 8.36. The number of hydrogen-bond acceptors (Lipinski definition) is 6. The van der Waals surface area contributed by atoms with Crippen molar-refractivity contribution in [2.24, 2.45) is 0 Å².